The minimum absolute atomic E-state index is 0.0537. The van der Waals surface area contributed by atoms with Crippen molar-refractivity contribution in [3.63, 3.8) is 0 Å². The number of ether oxygens (including phenoxy) is 2. The van der Waals surface area contributed by atoms with E-state index in [9.17, 15) is 4.79 Å². The van der Waals surface area contributed by atoms with Gasteiger partial charge in [0, 0.05) is 36.9 Å². The van der Waals surface area contributed by atoms with E-state index in [4.69, 9.17) is 9.47 Å². The molecule has 0 aliphatic heterocycles. The monoisotopic (exact) mass is 454 g/mol. The van der Waals surface area contributed by atoms with Crippen LogP contribution in [0, 0.1) is 3.57 Å². The summed E-state index contributed by atoms with van der Waals surface area (Å²) in [5.74, 6) is 1.11. The first-order valence-electron chi connectivity index (χ1n) is 7.80. The van der Waals surface area contributed by atoms with E-state index in [-0.39, 0.29) is 5.91 Å². The highest BCUT2D eigenvalue weighted by atomic mass is 127. The number of amides is 1. The second-order valence-electron chi connectivity index (χ2n) is 5.91. The first kappa shape index (κ1) is 19.4. The van der Waals surface area contributed by atoms with Crippen LogP contribution in [0.15, 0.2) is 36.4 Å². The number of carbonyl (C=O) groups is 1. The van der Waals surface area contributed by atoms with Gasteiger partial charge in [0.1, 0.15) is 0 Å². The van der Waals surface area contributed by atoms with Gasteiger partial charge in [0.05, 0.1) is 19.8 Å². The lowest BCUT2D eigenvalue weighted by Gasteiger charge is -2.20. The molecule has 25 heavy (non-hydrogen) atoms. The highest BCUT2D eigenvalue weighted by Crippen LogP contribution is 2.32. The van der Waals surface area contributed by atoms with Crippen LogP contribution >= 0.6 is 22.6 Å². The van der Waals surface area contributed by atoms with E-state index in [1.54, 1.807) is 32.2 Å². The number of rotatable bonds is 6. The quantitative estimate of drug-likeness (QED) is 0.626. The van der Waals surface area contributed by atoms with Crippen molar-refractivity contribution in [2.75, 3.05) is 40.3 Å². The maximum atomic E-state index is 12.8. The van der Waals surface area contributed by atoms with Crippen LogP contribution in [0.25, 0.3) is 0 Å². The van der Waals surface area contributed by atoms with Gasteiger partial charge in [0.2, 0.25) is 0 Å². The molecule has 0 saturated heterocycles. The molecule has 0 atom stereocenters. The average molecular weight is 454 g/mol. The van der Waals surface area contributed by atoms with Crippen LogP contribution in [-0.2, 0) is 6.54 Å². The highest BCUT2D eigenvalue weighted by molar-refractivity contribution is 14.1. The lowest BCUT2D eigenvalue weighted by molar-refractivity contribution is 0.0783. The summed E-state index contributed by atoms with van der Waals surface area (Å²) < 4.78 is 11.4. The minimum Gasteiger partial charge on any atom is -0.493 e. The van der Waals surface area contributed by atoms with Crippen molar-refractivity contribution < 1.29 is 14.3 Å². The Morgan fingerprint density at radius 3 is 2.08 bits per heavy atom. The number of methoxy groups -OCH3 is 2. The lowest BCUT2D eigenvalue weighted by atomic mass is 10.1. The SMILES string of the molecule is COc1cc(I)c(C(=O)N(C)Cc2ccc(N(C)C)cc2)cc1OC. The molecular weight excluding hydrogens is 431 g/mol. The maximum Gasteiger partial charge on any atom is 0.255 e. The normalized spacial score (nSPS) is 10.3. The van der Waals surface area contributed by atoms with Gasteiger partial charge in [-0.15, -0.1) is 0 Å². The molecule has 134 valence electrons. The number of benzene rings is 2. The largest absolute Gasteiger partial charge is 0.493 e. The maximum absolute atomic E-state index is 12.8. The van der Waals surface area contributed by atoms with Gasteiger partial charge in [0.25, 0.3) is 5.91 Å². The van der Waals surface area contributed by atoms with Crippen molar-refractivity contribution in [3.05, 3.63) is 51.1 Å². The predicted octanol–water partition coefficient (Wildman–Crippen LogP) is 3.65. The number of hydrogen-bond donors (Lipinski definition) is 0. The van der Waals surface area contributed by atoms with Gasteiger partial charge >= 0.3 is 0 Å². The van der Waals surface area contributed by atoms with E-state index in [0.717, 1.165) is 14.8 Å². The molecule has 0 aliphatic rings. The number of hydrogen-bond acceptors (Lipinski definition) is 4. The van der Waals surface area contributed by atoms with Crippen LogP contribution < -0.4 is 14.4 Å². The topological polar surface area (TPSA) is 42.0 Å². The summed E-state index contributed by atoms with van der Waals surface area (Å²) in [4.78, 5) is 16.6. The fraction of sp³-hybridized carbons (Fsp3) is 0.316. The summed E-state index contributed by atoms with van der Waals surface area (Å²) in [5.41, 5.74) is 2.81. The molecule has 2 aromatic carbocycles. The van der Waals surface area contributed by atoms with Gasteiger partial charge in [-0.1, -0.05) is 12.1 Å². The lowest BCUT2D eigenvalue weighted by Crippen LogP contribution is -2.27. The Kier molecular flexibility index (Phi) is 6.52. The molecule has 2 aromatic rings. The average Bonchev–Trinajstić information content (AvgIpc) is 2.61. The van der Waals surface area contributed by atoms with E-state index >= 15 is 0 Å². The molecule has 0 unspecified atom stereocenters. The fourth-order valence-corrected chi connectivity index (χ4v) is 3.14. The molecule has 1 amide bonds. The smallest absolute Gasteiger partial charge is 0.255 e. The van der Waals surface area contributed by atoms with Crippen molar-refractivity contribution in [3.8, 4) is 11.5 Å². The third-order valence-corrected chi connectivity index (χ3v) is 4.82. The van der Waals surface area contributed by atoms with E-state index in [1.807, 2.05) is 49.3 Å². The van der Waals surface area contributed by atoms with Gasteiger partial charge < -0.3 is 19.3 Å². The second kappa shape index (κ2) is 8.42. The van der Waals surface area contributed by atoms with Crippen molar-refractivity contribution in [2.24, 2.45) is 0 Å². The summed E-state index contributed by atoms with van der Waals surface area (Å²) in [5, 5.41) is 0. The van der Waals surface area contributed by atoms with Gasteiger partial charge in [-0.2, -0.15) is 0 Å². The molecule has 0 aliphatic carbocycles. The van der Waals surface area contributed by atoms with E-state index in [2.05, 4.69) is 22.6 Å². The molecule has 0 spiro atoms. The predicted molar refractivity (Wildman–Crippen MR) is 109 cm³/mol. The third-order valence-electron chi connectivity index (χ3n) is 3.92. The number of anilines is 1. The van der Waals surface area contributed by atoms with Crippen LogP contribution in [0.1, 0.15) is 15.9 Å². The fourth-order valence-electron chi connectivity index (χ4n) is 2.47. The second-order valence-corrected chi connectivity index (χ2v) is 7.07. The van der Waals surface area contributed by atoms with Crippen LogP contribution in [0.3, 0.4) is 0 Å². The first-order valence-corrected chi connectivity index (χ1v) is 8.88. The Hall–Kier alpha value is -1.96. The van der Waals surface area contributed by atoms with Gasteiger partial charge in [-0.25, -0.2) is 0 Å². The zero-order chi connectivity index (χ0) is 18.6. The molecule has 0 bridgehead atoms. The Morgan fingerprint density at radius 2 is 1.56 bits per heavy atom. The molecule has 5 nitrogen and oxygen atoms in total. The number of carbonyl (C=O) groups excluding carboxylic acids is 1. The van der Waals surface area contributed by atoms with E-state index in [1.165, 1.54) is 0 Å². The summed E-state index contributed by atoms with van der Waals surface area (Å²) in [6.45, 7) is 0.539. The Bertz CT molecular complexity index is 745. The van der Waals surface area contributed by atoms with Crippen molar-refractivity contribution in [2.45, 2.75) is 6.54 Å². The molecule has 0 aromatic heterocycles. The standard InChI is InChI=1S/C19H23IN2O3/c1-21(2)14-8-6-13(7-9-14)12-22(3)19(23)15-10-17(24-4)18(25-5)11-16(15)20/h6-11H,12H2,1-5H3. The Labute approximate surface area is 162 Å². The number of nitrogens with zero attached hydrogens (tertiary/aromatic N) is 2. The van der Waals surface area contributed by atoms with Crippen LogP contribution in [0.5, 0.6) is 11.5 Å². The molecule has 0 fully saturated rings. The van der Waals surface area contributed by atoms with E-state index < -0.39 is 0 Å². The Morgan fingerprint density at radius 1 is 1.00 bits per heavy atom. The first-order chi connectivity index (χ1) is 11.9. The van der Waals surface area contributed by atoms with Crippen molar-refractivity contribution >= 4 is 34.2 Å². The van der Waals surface area contributed by atoms with Gasteiger partial charge in [-0.3, -0.25) is 4.79 Å². The molecule has 6 heteroatoms. The molecule has 0 radical (unpaired) electrons. The minimum atomic E-state index is -0.0537. The highest BCUT2D eigenvalue weighted by Gasteiger charge is 2.19. The van der Waals surface area contributed by atoms with Gasteiger partial charge in [0.15, 0.2) is 11.5 Å². The molecule has 0 N–H and O–H groups in total. The van der Waals surface area contributed by atoms with Crippen LogP contribution in [0.4, 0.5) is 5.69 Å². The van der Waals surface area contributed by atoms with Gasteiger partial charge in [-0.05, 0) is 52.4 Å². The summed E-state index contributed by atoms with van der Waals surface area (Å²) >= 11 is 2.14. The molecular formula is C19H23IN2O3. The molecule has 0 saturated carbocycles. The molecule has 2 rings (SSSR count). The van der Waals surface area contributed by atoms with Crippen molar-refractivity contribution in [1.29, 1.82) is 0 Å². The Balaban J connectivity index is 2.19. The zero-order valence-corrected chi connectivity index (χ0v) is 17.3. The summed E-state index contributed by atoms with van der Waals surface area (Å²) in [7, 11) is 8.95. The zero-order valence-electron chi connectivity index (χ0n) is 15.2. The summed E-state index contributed by atoms with van der Waals surface area (Å²) in [6, 6.07) is 11.7. The van der Waals surface area contributed by atoms with Crippen LogP contribution in [-0.4, -0.2) is 46.2 Å². The van der Waals surface area contributed by atoms with Crippen LogP contribution in [0.2, 0.25) is 0 Å². The molecule has 0 heterocycles. The van der Waals surface area contributed by atoms with Crippen molar-refractivity contribution in [1.82, 2.24) is 4.90 Å². The summed E-state index contributed by atoms with van der Waals surface area (Å²) in [6.07, 6.45) is 0. The van der Waals surface area contributed by atoms with E-state index in [0.29, 0.717) is 23.6 Å². The third kappa shape index (κ3) is 4.56. The number of halogens is 1.